The van der Waals surface area contributed by atoms with Gasteiger partial charge in [0.15, 0.2) is 0 Å². The first-order valence-corrected chi connectivity index (χ1v) is 13.2. The van der Waals surface area contributed by atoms with Crippen LogP contribution in [0.15, 0.2) is 66.7 Å². The third-order valence-corrected chi connectivity index (χ3v) is 7.12. The standard InChI is InChI=1S/C25H26Cl2N2O4S/c1-4-33-21-14-12-19(13-15-21)17(2)28-25(30)20-10-8-18(9-11-20)16-29(34(3,31)32)23-7-5-6-22(26)24(23)27/h5-15,17H,4,16H2,1-3H3,(H,28,30)/t17-/m1/s1. The van der Waals surface area contributed by atoms with E-state index in [2.05, 4.69) is 5.32 Å². The predicted molar refractivity (Wildman–Crippen MR) is 137 cm³/mol. The number of amides is 1. The fourth-order valence-corrected chi connectivity index (χ4v) is 4.72. The fourth-order valence-electron chi connectivity index (χ4n) is 3.38. The van der Waals surface area contributed by atoms with Gasteiger partial charge in [-0.15, -0.1) is 0 Å². The summed E-state index contributed by atoms with van der Waals surface area (Å²) in [5, 5.41) is 3.40. The highest BCUT2D eigenvalue weighted by Gasteiger charge is 2.22. The third-order valence-electron chi connectivity index (χ3n) is 5.18. The van der Waals surface area contributed by atoms with Crippen LogP contribution in [0.4, 0.5) is 5.69 Å². The molecule has 3 aromatic rings. The topological polar surface area (TPSA) is 75.7 Å². The Labute approximate surface area is 210 Å². The molecule has 1 N–H and O–H groups in total. The molecule has 1 atom stereocenters. The van der Waals surface area contributed by atoms with Crippen molar-refractivity contribution >= 4 is 44.8 Å². The van der Waals surface area contributed by atoms with Gasteiger partial charge in [0, 0.05) is 5.56 Å². The van der Waals surface area contributed by atoms with Gasteiger partial charge in [0.25, 0.3) is 5.91 Å². The minimum Gasteiger partial charge on any atom is -0.494 e. The number of ether oxygens (including phenoxy) is 1. The molecular weight excluding hydrogens is 495 g/mol. The maximum Gasteiger partial charge on any atom is 0.251 e. The third kappa shape index (κ3) is 6.44. The molecule has 0 saturated heterocycles. The zero-order valence-electron chi connectivity index (χ0n) is 19.1. The minimum atomic E-state index is -3.63. The quantitative estimate of drug-likeness (QED) is 0.383. The van der Waals surface area contributed by atoms with Crippen LogP contribution in [0.1, 0.15) is 41.4 Å². The molecule has 0 aliphatic heterocycles. The number of halogens is 2. The van der Waals surface area contributed by atoms with Crippen LogP contribution >= 0.6 is 23.2 Å². The summed E-state index contributed by atoms with van der Waals surface area (Å²) < 4.78 is 31.5. The molecule has 0 spiro atoms. The van der Waals surface area contributed by atoms with Gasteiger partial charge in [0.05, 0.1) is 41.2 Å². The molecule has 0 fully saturated rings. The molecule has 0 bridgehead atoms. The predicted octanol–water partition coefficient (Wildman–Crippen LogP) is 5.85. The van der Waals surface area contributed by atoms with Gasteiger partial charge in [-0.05, 0) is 61.4 Å². The van der Waals surface area contributed by atoms with Gasteiger partial charge in [0.2, 0.25) is 10.0 Å². The van der Waals surface area contributed by atoms with E-state index in [0.717, 1.165) is 17.6 Å². The summed E-state index contributed by atoms with van der Waals surface area (Å²) in [6, 6.07) is 19.0. The van der Waals surface area contributed by atoms with Gasteiger partial charge in [-0.2, -0.15) is 0 Å². The van der Waals surface area contributed by atoms with Crippen LogP contribution in [0.5, 0.6) is 5.75 Å². The number of sulfonamides is 1. The Morgan fingerprint density at radius 2 is 1.68 bits per heavy atom. The molecule has 3 aromatic carbocycles. The Kier molecular flexibility index (Phi) is 8.47. The van der Waals surface area contributed by atoms with Crippen molar-refractivity contribution < 1.29 is 17.9 Å². The molecule has 1 amide bonds. The summed E-state index contributed by atoms with van der Waals surface area (Å²) in [5.41, 5.74) is 2.41. The number of hydrogen-bond donors (Lipinski definition) is 1. The Balaban J connectivity index is 1.72. The van der Waals surface area contributed by atoms with Gasteiger partial charge >= 0.3 is 0 Å². The van der Waals surface area contributed by atoms with E-state index in [4.69, 9.17) is 27.9 Å². The molecule has 180 valence electrons. The molecule has 6 nitrogen and oxygen atoms in total. The van der Waals surface area contributed by atoms with Crippen molar-refractivity contribution in [2.24, 2.45) is 0 Å². The second-order valence-electron chi connectivity index (χ2n) is 7.74. The number of nitrogens with one attached hydrogen (secondary N) is 1. The highest BCUT2D eigenvalue weighted by Crippen LogP contribution is 2.34. The molecular formula is C25H26Cl2N2O4S. The van der Waals surface area contributed by atoms with Gasteiger partial charge in [-0.25, -0.2) is 8.42 Å². The summed E-state index contributed by atoms with van der Waals surface area (Å²) in [5.74, 6) is 0.549. The number of carbonyl (C=O) groups is 1. The molecule has 0 aliphatic carbocycles. The van der Waals surface area contributed by atoms with Crippen LogP contribution in [0, 0.1) is 0 Å². The van der Waals surface area contributed by atoms with Gasteiger partial charge in [0.1, 0.15) is 5.75 Å². The first-order valence-electron chi connectivity index (χ1n) is 10.6. The molecule has 0 heterocycles. The highest BCUT2D eigenvalue weighted by molar-refractivity contribution is 7.92. The zero-order chi connectivity index (χ0) is 24.9. The fraction of sp³-hybridized carbons (Fsp3) is 0.240. The van der Waals surface area contributed by atoms with Crippen molar-refractivity contribution in [3.8, 4) is 5.75 Å². The van der Waals surface area contributed by atoms with Crippen molar-refractivity contribution in [1.82, 2.24) is 5.32 Å². The molecule has 0 unspecified atom stereocenters. The summed E-state index contributed by atoms with van der Waals surface area (Å²) in [6.45, 7) is 4.47. The number of carbonyl (C=O) groups excluding carboxylic acids is 1. The first kappa shape index (κ1) is 25.9. The van der Waals surface area contributed by atoms with E-state index in [1.165, 1.54) is 4.31 Å². The lowest BCUT2D eigenvalue weighted by atomic mass is 10.1. The van der Waals surface area contributed by atoms with Crippen LogP contribution < -0.4 is 14.4 Å². The number of anilines is 1. The summed E-state index contributed by atoms with van der Waals surface area (Å²) >= 11 is 12.3. The van der Waals surface area contributed by atoms with Crippen molar-refractivity contribution in [2.45, 2.75) is 26.4 Å². The largest absolute Gasteiger partial charge is 0.494 e. The molecule has 0 aromatic heterocycles. The lowest BCUT2D eigenvalue weighted by Gasteiger charge is -2.24. The molecule has 0 aliphatic rings. The normalized spacial score (nSPS) is 12.1. The Morgan fingerprint density at radius 3 is 2.26 bits per heavy atom. The number of hydrogen-bond acceptors (Lipinski definition) is 4. The van der Waals surface area contributed by atoms with E-state index in [0.29, 0.717) is 23.4 Å². The highest BCUT2D eigenvalue weighted by atomic mass is 35.5. The van der Waals surface area contributed by atoms with Crippen LogP contribution in [0.2, 0.25) is 10.0 Å². The molecule has 9 heteroatoms. The second-order valence-corrected chi connectivity index (χ2v) is 10.4. The average Bonchev–Trinajstić information content (AvgIpc) is 2.80. The average molecular weight is 521 g/mol. The molecule has 34 heavy (non-hydrogen) atoms. The summed E-state index contributed by atoms with van der Waals surface area (Å²) in [4.78, 5) is 12.7. The number of nitrogens with zero attached hydrogens (tertiary/aromatic N) is 1. The molecule has 3 rings (SSSR count). The van der Waals surface area contributed by atoms with Crippen LogP contribution in [-0.2, 0) is 16.6 Å². The maximum atomic E-state index is 12.7. The van der Waals surface area contributed by atoms with Crippen molar-refractivity contribution in [2.75, 3.05) is 17.2 Å². The Morgan fingerprint density at radius 1 is 1.03 bits per heavy atom. The van der Waals surface area contributed by atoms with Crippen molar-refractivity contribution in [3.05, 3.63) is 93.5 Å². The van der Waals surface area contributed by atoms with Crippen molar-refractivity contribution in [3.63, 3.8) is 0 Å². The van der Waals surface area contributed by atoms with Crippen LogP contribution in [-0.4, -0.2) is 27.2 Å². The van der Waals surface area contributed by atoms with E-state index in [1.54, 1.807) is 42.5 Å². The lowest BCUT2D eigenvalue weighted by Crippen LogP contribution is -2.29. The van der Waals surface area contributed by atoms with Crippen LogP contribution in [0.3, 0.4) is 0 Å². The van der Waals surface area contributed by atoms with E-state index < -0.39 is 10.0 Å². The number of rotatable bonds is 9. The van der Waals surface area contributed by atoms with Gasteiger partial charge in [-0.1, -0.05) is 53.5 Å². The van der Waals surface area contributed by atoms with Gasteiger partial charge in [-0.3, -0.25) is 9.10 Å². The maximum absolute atomic E-state index is 12.7. The summed E-state index contributed by atoms with van der Waals surface area (Å²) in [7, 11) is -3.63. The van der Waals surface area contributed by atoms with Gasteiger partial charge < -0.3 is 10.1 Å². The van der Waals surface area contributed by atoms with E-state index >= 15 is 0 Å². The molecule has 0 saturated carbocycles. The van der Waals surface area contributed by atoms with E-state index in [1.807, 2.05) is 38.1 Å². The Bertz CT molecular complexity index is 1250. The first-order chi connectivity index (χ1) is 16.1. The van der Waals surface area contributed by atoms with Crippen molar-refractivity contribution in [1.29, 1.82) is 0 Å². The smallest absolute Gasteiger partial charge is 0.251 e. The Hall–Kier alpha value is -2.74. The van der Waals surface area contributed by atoms with E-state index in [9.17, 15) is 13.2 Å². The molecule has 0 radical (unpaired) electrons. The van der Waals surface area contributed by atoms with Crippen LogP contribution in [0.25, 0.3) is 0 Å². The lowest BCUT2D eigenvalue weighted by molar-refractivity contribution is 0.0940. The minimum absolute atomic E-state index is 0.0450. The SMILES string of the molecule is CCOc1ccc([C@@H](C)NC(=O)c2ccc(CN(c3cccc(Cl)c3Cl)S(C)(=O)=O)cc2)cc1. The van der Waals surface area contributed by atoms with E-state index in [-0.39, 0.29) is 28.5 Å². The summed E-state index contributed by atoms with van der Waals surface area (Å²) in [6.07, 6.45) is 1.11. The monoisotopic (exact) mass is 520 g/mol. The second kappa shape index (κ2) is 11.1. The number of benzene rings is 3. The zero-order valence-corrected chi connectivity index (χ0v) is 21.4.